The minimum absolute atomic E-state index is 0.0456. The highest BCUT2D eigenvalue weighted by atomic mass is 35.5. The minimum Gasteiger partial charge on any atom is -0.351 e. The van der Waals surface area contributed by atoms with Gasteiger partial charge >= 0.3 is 0 Å². The molecule has 0 spiro atoms. The van der Waals surface area contributed by atoms with Gasteiger partial charge in [0.15, 0.2) is 0 Å². The Morgan fingerprint density at radius 1 is 1.17 bits per heavy atom. The SMILES string of the molecule is C[C@@H](C(=O)NCc1ccccc1Cl)N1CCc2ccccc2C1. The van der Waals surface area contributed by atoms with Crippen LogP contribution in [0.2, 0.25) is 5.02 Å². The first kappa shape index (κ1) is 16.0. The average Bonchev–Trinajstić information content (AvgIpc) is 2.59. The van der Waals surface area contributed by atoms with E-state index in [1.54, 1.807) is 0 Å². The van der Waals surface area contributed by atoms with Gasteiger partial charge in [-0.3, -0.25) is 9.69 Å². The first-order chi connectivity index (χ1) is 11.1. The van der Waals surface area contributed by atoms with E-state index in [2.05, 4.69) is 34.5 Å². The van der Waals surface area contributed by atoms with Gasteiger partial charge in [0.2, 0.25) is 5.91 Å². The molecular weight excluding hydrogens is 308 g/mol. The third-order valence-corrected chi connectivity index (χ3v) is 4.87. The van der Waals surface area contributed by atoms with E-state index in [1.165, 1.54) is 11.1 Å². The van der Waals surface area contributed by atoms with Gasteiger partial charge in [0, 0.05) is 24.7 Å². The Morgan fingerprint density at radius 2 is 1.87 bits per heavy atom. The number of hydrogen-bond acceptors (Lipinski definition) is 2. The number of fused-ring (bicyclic) bond motifs is 1. The summed E-state index contributed by atoms with van der Waals surface area (Å²) in [4.78, 5) is 14.7. The molecule has 2 aromatic rings. The molecule has 0 bridgehead atoms. The maximum absolute atomic E-state index is 12.4. The minimum atomic E-state index is -0.147. The van der Waals surface area contributed by atoms with Crippen LogP contribution in [0.3, 0.4) is 0 Å². The van der Waals surface area contributed by atoms with Crippen LogP contribution in [-0.4, -0.2) is 23.4 Å². The fourth-order valence-corrected chi connectivity index (χ4v) is 3.19. The van der Waals surface area contributed by atoms with Crippen molar-refractivity contribution in [3.8, 4) is 0 Å². The van der Waals surface area contributed by atoms with Crippen molar-refractivity contribution < 1.29 is 4.79 Å². The number of nitrogens with one attached hydrogen (secondary N) is 1. The number of nitrogens with zero attached hydrogens (tertiary/aromatic N) is 1. The lowest BCUT2D eigenvalue weighted by atomic mass is 9.99. The highest BCUT2D eigenvalue weighted by Crippen LogP contribution is 2.20. The molecule has 3 nitrogen and oxygen atoms in total. The number of carbonyl (C=O) groups is 1. The summed E-state index contributed by atoms with van der Waals surface area (Å²) in [5.41, 5.74) is 3.66. The first-order valence-electron chi connectivity index (χ1n) is 7.97. The van der Waals surface area contributed by atoms with Gasteiger partial charge in [-0.2, -0.15) is 0 Å². The second-order valence-corrected chi connectivity index (χ2v) is 6.38. The van der Waals surface area contributed by atoms with Crippen LogP contribution in [0.15, 0.2) is 48.5 Å². The lowest BCUT2D eigenvalue weighted by molar-refractivity contribution is -0.126. The predicted molar refractivity (Wildman–Crippen MR) is 93.3 cm³/mol. The van der Waals surface area contributed by atoms with Crippen LogP contribution in [-0.2, 0) is 24.3 Å². The number of rotatable bonds is 4. The molecule has 23 heavy (non-hydrogen) atoms. The summed E-state index contributed by atoms with van der Waals surface area (Å²) in [5.74, 6) is 0.0456. The largest absolute Gasteiger partial charge is 0.351 e. The number of amides is 1. The molecule has 1 N–H and O–H groups in total. The molecule has 120 valence electrons. The van der Waals surface area contributed by atoms with Gasteiger partial charge in [-0.1, -0.05) is 54.1 Å². The molecule has 0 fully saturated rings. The Morgan fingerprint density at radius 3 is 2.65 bits per heavy atom. The molecule has 4 heteroatoms. The molecule has 1 amide bonds. The van der Waals surface area contributed by atoms with Crippen molar-refractivity contribution >= 4 is 17.5 Å². The molecule has 0 saturated carbocycles. The molecule has 3 rings (SSSR count). The third kappa shape index (κ3) is 3.74. The molecule has 1 heterocycles. The number of carbonyl (C=O) groups excluding carboxylic acids is 1. The molecule has 0 saturated heterocycles. The predicted octanol–water partition coefficient (Wildman–Crippen LogP) is 3.40. The Bertz CT molecular complexity index is 701. The van der Waals surface area contributed by atoms with E-state index in [0.29, 0.717) is 11.6 Å². The number of hydrogen-bond donors (Lipinski definition) is 1. The fraction of sp³-hybridized carbons (Fsp3) is 0.316. The van der Waals surface area contributed by atoms with Crippen molar-refractivity contribution in [1.82, 2.24) is 10.2 Å². The zero-order valence-corrected chi connectivity index (χ0v) is 14.0. The summed E-state index contributed by atoms with van der Waals surface area (Å²) in [7, 11) is 0. The Balaban J connectivity index is 1.59. The monoisotopic (exact) mass is 328 g/mol. The summed E-state index contributed by atoms with van der Waals surface area (Å²) in [5, 5.41) is 3.68. The fourth-order valence-electron chi connectivity index (χ4n) is 2.99. The van der Waals surface area contributed by atoms with Gasteiger partial charge in [0.05, 0.1) is 6.04 Å². The van der Waals surface area contributed by atoms with Crippen molar-refractivity contribution in [3.63, 3.8) is 0 Å². The van der Waals surface area contributed by atoms with E-state index < -0.39 is 0 Å². The van der Waals surface area contributed by atoms with E-state index in [0.717, 1.165) is 25.1 Å². The maximum Gasteiger partial charge on any atom is 0.237 e. The Kier molecular flexibility index (Phi) is 4.99. The molecule has 1 aliphatic heterocycles. The van der Waals surface area contributed by atoms with E-state index in [1.807, 2.05) is 31.2 Å². The van der Waals surface area contributed by atoms with Gasteiger partial charge in [0.25, 0.3) is 0 Å². The molecule has 0 radical (unpaired) electrons. The van der Waals surface area contributed by atoms with E-state index in [9.17, 15) is 4.79 Å². The van der Waals surface area contributed by atoms with Gasteiger partial charge < -0.3 is 5.32 Å². The van der Waals surface area contributed by atoms with Gasteiger partial charge in [0.1, 0.15) is 0 Å². The molecule has 0 aliphatic carbocycles. The van der Waals surface area contributed by atoms with E-state index >= 15 is 0 Å². The van der Waals surface area contributed by atoms with Crippen molar-refractivity contribution in [2.75, 3.05) is 6.54 Å². The first-order valence-corrected chi connectivity index (χ1v) is 8.35. The molecular formula is C19H21ClN2O. The average molecular weight is 329 g/mol. The number of halogens is 1. The molecule has 1 atom stereocenters. The van der Waals surface area contributed by atoms with Crippen LogP contribution in [0.1, 0.15) is 23.6 Å². The highest BCUT2D eigenvalue weighted by molar-refractivity contribution is 6.31. The van der Waals surface area contributed by atoms with Crippen LogP contribution in [0.4, 0.5) is 0 Å². The summed E-state index contributed by atoms with van der Waals surface area (Å²) in [6.07, 6.45) is 0.998. The van der Waals surface area contributed by atoms with Gasteiger partial charge in [-0.05, 0) is 36.1 Å². The van der Waals surface area contributed by atoms with Gasteiger partial charge in [-0.25, -0.2) is 0 Å². The second-order valence-electron chi connectivity index (χ2n) is 5.97. The topological polar surface area (TPSA) is 32.3 Å². The lowest BCUT2D eigenvalue weighted by Crippen LogP contribution is -2.46. The molecule has 2 aromatic carbocycles. The Hall–Kier alpha value is -1.84. The Labute approximate surface area is 142 Å². The van der Waals surface area contributed by atoms with Crippen LogP contribution < -0.4 is 5.32 Å². The van der Waals surface area contributed by atoms with Crippen molar-refractivity contribution in [3.05, 3.63) is 70.2 Å². The van der Waals surface area contributed by atoms with E-state index in [-0.39, 0.29) is 11.9 Å². The van der Waals surface area contributed by atoms with Crippen molar-refractivity contribution in [1.29, 1.82) is 0 Å². The highest BCUT2D eigenvalue weighted by Gasteiger charge is 2.24. The van der Waals surface area contributed by atoms with Crippen LogP contribution in [0, 0.1) is 0 Å². The summed E-state index contributed by atoms with van der Waals surface area (Å²) < 4.78 is 0. The second kappa shape index (κ2) is 7.16. The quantitative estimate of drug-likeness (QED) is 0.933. The van der Waals surface area contributed by atoms with Crippen LogP contribution in [0.5, 0.6) is 0 Å². The zero-order valence-electron chi connectivity index (χ0n) is 13.3. The number of benzene rings is 2. The smallest absolute Gasteiger partial charge is 0.237 e. The molecule has 0 aromatic heterocycles. The summed E-state index contributed by atoms with van der Waals surface area (Å²) >= 11 is 6.13. The lowest BCUT2D eigenvalue weighted by Gasteiger charge is -2.32. The standard InChI is InChI=1S/C19H21ClN2O/c1-14(19(23)21-12-16-7-4-5-9-18(16)20)22-11-10-15-6-2-3-8-17(15)13-22/h2-9,14H,10-13H2,1H3,(H,21,23)/t14-/m0/s1. The van der Waals surface area contributed by atoms with E-state index in [4.69, 9.17) is 11.6 Å². The normalized spacial score (nSPS) is 15.7. The van der Waals surface area contributed by atoms with Crippen LogP contribution >= 0.6 is 11.6 Å². The van der Waals surface area contributed by atoms with Crippen molar-refractivity contribution in [2.24, 2.45) is 0 Å². The summed E-state index contributed by atoms with van der Waals surface area (Å²) in [6, 6.07) is 15.9. The van der Waals surface area contributed by atoms with Crippen LogP contribution in [0.25, 0.3) is 0 Å². The maximum atomic E-state index is 12.4. The summed E-state index contributed by atoms with van der Waals surface area (Å²) in [6.45, 7) is 4.18. The molecule has 0 unspecified atom stereocenters. The van der Waals surface area contributed by atoms with Gasteiger partial charge in [-0.15, -0.1) is 0 Å². The zero-order chi connectivity index (χ0) is 16.2. The third-order valence-electron chi connectivity index (χ3n) is 4.50. The molecule has 1 aliphatic rings. The van der Waals surface area contributed by atoms with Crippen molar-refractivity contribution in [2.45, 2.75) is 32.5 Å².